The van der Waals surface area contributed by atoms with Gasteiger partial charge >= 0.3 is 0 Å². The average molecular weight is 395 g/mol. The summed E-state index contributed by atoms with van der Waals surface area (Å²) in [4.78, 5) is 29.2. The first-order valence-corrected chi connectivity index (χ1v) is 10.4. The molecule has 0 bridgehead atoms. The Hall–Kier alpha value is -2.58. The van der Waals surface area contributed by atoms with Crippen LogP contribution in [0.25, 0.3) is 10.3 Å². The molecule has 0 radical (unpaired) electrons. The largest absolute Gasteiger partial charge is 0.381 e. The second-order valence-corrected chi connectivity index (χ2v) is 8.26. The summed E-state index contributed by atoms with van der Waals surface area (Å²) in [5.74, 6) is 0.625. The molecule has 0 aliphatic carbocycles. The molecule has 1 amide bonds. The average Bonchev–Trinajstić information content (AvgIpc) is 3.29. The molecule has 8 heteroatoms. The molecule has 0 unspecified atom stereocenters. The SMILES string of the molecule is C[C@H]1Cc2ccccc2N1c1ncnc2sc(C(=O)NC3CCOCC3)nc12. The highest BCUT2D eigenvalue weighted by Crippen LogP contribution is 2.40. The van der Waals surface area contributed by atoms with Gasteiger partial charge in [0.2, 0.25) is 0 Å². The summed E-state index contributed by atoms with van der Waals surface area (Å²) in [6.45, 7) is 3.55. The minimum atomic E-state index is -0.143. The summed E-state index contributed by atoms with van der Waals surface area (Å²) in [6.07, 6.45) is 4.19. The number of carbonyl (C=O) groups is 1. The molecule has 0 saturated carbocycles. The van der Waals surface area contributed by atoms with Crippen LogP contribution in [0.15, 0.2) is 30.6 Å². The van der Waals surface area contributed by atoms with Crippen LogP contribution in [0.3, 0.4) is 0 Å². The number of nitrogens with zero attached hydrogens (tertiary/aromatic N) is 4. The molecule has 5 rings (SSSR count). The predicted molar refractivity (Wildman–Crippen MR) is 108 cm³/mol. The zero-order valence-electron chi connectivity index (χ0n) is 15.6. The summed E-state index contributed by atoms with van der Waals surface area (Å²) < 4.78 is 5.36. The lowest BCUT2D eigenvalue weighted by Gasteiger charge is -2.23. The van der Waals surface area contributed by atoms with Crippen molar-refractivity contribution in [2.24, 2.45) is 0 Å². The number of carbonyl (C=O) groups excluding carboxylic acids is 1. The first-order valence-electron chi connectivity index (χ1n) is 9.58. The van der Waals surface area contributed by atoms with Gasteiger partial charge in [-0.15, -0.1) is 0 Å². The Morgan fingerprint density at radius 2 is 2.07 bits per heavy atom. The molecule has 28 heavy (non-hydrogen) atoms. The second-order valence-electron chi connectivity index (χ2n) is 7.28. The van der Waals surface area contributed by atoms with E-state index in [0.717, 1.165) is 35.6 Å². The number of para-hydroxylation sites is 1. The van der Waals surface area contributed by atoms with Gasteiger partial charge < -0.3 is 15.0 Å². The van der Waals surface area contributed by atoms with Crippen molar-refractivity contribution in [3.8, 4) is 0 Å². The third-order valence-electron chi connectivity index (χ3n) is 5.36. The van der Waals surface area contributed by atoms with Crippen LogP contribution in [0.5, 0.6) is 0 Å². The van der Waals surface area contributed by atoms with Crippen molar-refractivity contribution in [1.29, 1.82) is 0 Å². The second kappa shape index (κ2) is 7.10. The maximum Gasteiger partial charge on any atom is 0.280 e. The van der Waals surface area contributed by atoms with E-state index in [4.69, 9.17) is 4.74 Å². The van der Waals surface area contributed by atoms with Gasteiger partial charge in [-0.25, -0.2) is 15.0 Å². The van der Waals surface area contributed by atoms with Crippen LogP contribution in [0.4, 0.5) is 11.5 Å². The quantitative estimate of drug-likeness (QED) is 0.734. The molecule has 0 spiro atoms. The maximum atomic E-state index is 12.7. The van der Waals surface area contributed by atoms with Gasteiger partial charge in [0.1, 0.15) is 16.7 Å². The molecule has 1 N–H and O–H groups in total. The topological polar surface area (TPSA) is 80.2 Å². The van der Waals surface area contributed by atoms with Crippen molar-refractivity contribution in [2.75, 3.05) is 18.1 Å². The van der Waals surface area contributed by atoms with Crippen LogP contribution in [-0.2, 0) is 11.2 Å². The number of hydrogen-bond donors (Lipinski definition) is 1. The normalized spacial score (nSPS) is 19.8. The zero-order chi connectivity index (χ0) is 19.1. The van der Waals surface area contributed by atoms with E-state index in [1.54, 1.807) is 6.33 Å². The minimum absolute atomic E-state index is 0.143. The highest BCUT2D eigenvalue weighted by molar-refractivity contribution is 7.20. The summed E-state index contributed by atoms with van der Waals surface area (Å²) in [7, 11) is 0. The molecule has 1 saturated heterocycles. The lowest BCUT2D eigenvalue weighted by Crippen LogP contribution is -2.38. The molecule has 3 aromatic rings. The lowest BCUT2D eigenvalue weighted by atomic mass is 10.1. The van der Waals surface area contributed by atoms with Gasteiger partial charge in [0.05, 0.1) is 0 Å². The van der Waals surface area contributed by atoms with Crippen molar-refractivity contribution in [3.63, 3.8) is 0 Å². The zero-order valence-corrected chi connectivity index (χ0v) is 16.4. The number of benzene rings is 1. The highest BCUT2D eigenvalue weighted by atomic mass is 32.1. The summed E-state index contributed by atoms with van der Waals surface area (Å²) in [6, 6.07) is 8.78. The Morgan fingerprint density at radius 1 is 1.25 bits per heavy atom. The first-order chi connectivity index (χ1) is 13.7. The molecule has 4 heterocycles. The standard InChI is InChI=1S/C20H21N5O2S/c1-12-10-13-4-2-3-5-15(13)25(12)17-16-19(22-11-21-17)28-20(24-16)18(26)23-14-6-8-27-9-7-14/h2-5,11-12,14H,6-10H2,1H3,(H,23,26)/t12-/m0/s1. The summed E-state index contributed by atoms with van der Waals surface area (Å²) in [5, 5.41) is 3.51. The number of hydrogen-bond acceptors (Lipinski definition) is 7. The van der Waals surface area contributed by atoms with Crippen molar-refractivity contribution < 1.29 is 9.53 Å². The van der Waals surface area contributed by atoms with E-state index >= 15 is 0 Å². The van der Waals surface area contributed by atoms with Crippen LogP contribution in [0, 0.1) is 0 Å². The van der Waals surface area contributed by atoms with E-state index < -0.39 is 0 Å². The van der Waals surface area contributed by atoms with Gasteiger partial charge in [-0.2, -0.15) is 0 Å². The number of amides is 1. The highest BCUT2D eigenvalue weighted by Gasteiger charge is 2.30. The van der Waals surface area contributed by atoms with E-state index in [1.165, 1.54) is 16.9 Å². The van der Waals surface area contributed by atoms with Gasteiger partial charge in [-0.3, -0.25) is 4.79 Å². The monoisotopic (exact) mass is 395 g/mol. The lowest BCUT2D eigenvalue weighted by molar-refractivity contribution is 0.0696. The third-order valence-corrected chi connectivity index (χ3v) is 6.32. The van der Waals surface area contributed by atoms with Crippen LogP contribution < -0.4 is 10.2 Å². The van der Waals surface area contributed by atoms with Gasteiger partial charge in [-0.1, -0.05) is 29.5 Å². The number of ether oxygens (including phenoxy) is 1. The third kappa shape index (κ3) is 3.02. The van der Waals surface area contributed by atoms with Gasteiger partial charge in [0.15, 0.2) is 10.8 Å². The van der Waals surface area contributed by atoms with Crippen molar-refractivity contribution in [3.05, 3.63) is 41.2 Å². The molecule has 7 nitrogen and oxygen atoms in total. The van der Waals surface area contributed by atoms with Gasteiger partial charge in [0, 0.05) is 31.0 Å². The molecule has 144 valence electrons. The Balaban J connectivity index is 1.49. The molecule has 1 aromatic carbocycles. The number of anilines is 2. The Kier molecular flexibility index (Phi) is 4.44. The molecule has 2 aromatic heterocycles. The van der Waals surface area contributed by atoms with Crippen LogP contribution in [-0.4, -0.2) is 46.2 Å². The maximum absolute atomic E-state index is 12.7. The Bertz CT molecular complexity index is 1030. The fraction of sp³-hybridized carbons (Fsp3) is 0.400. The fourth-order valence-corrected chi connectivity index (χ4v) is 4.80. The number of thiazole rings is 1. The summed E-state index contributed by atoms with van der Waals surface area (Å²) >= 11 is 1.32. The smallest absolute Gasteiger partial charge is 0.280 e. The van der Waals surface area contributed by atoms with Crippen molar-refractivity contribution in [1.82, 2.24) is 20.3 Å². The number of nitrogens with one attached hydrogen (secondary N) is 1. The van der Waals surface area contributed by atoms with Crippen LogP contribution >= 0.6 is 11.3 Å². The van der Waals surface area contributed by atoms with E-state index in [9.17, 15) is 4.79 Å². The van der Waals surface area contributed by atoms with Gasteiger partial charge in [0.25, 0.3) is 5.91 Å². The van der Waals surface area contributed by atoms with Crippen LogP contribution in [0.2, 0.25) is 0 Å². The fourth-order valence-electron chi connectivity index (χ4n) is 3.99. The number of fused-ring (bicyclic) bond motifs is 2. The molecule has 2 aliphatic heterocycles. The Morgan fingerprint density at radius 3 is 2.93 bits per heavy atom. The molecule has 2 aliphatic rings. The Labute approximate surface area is 166 Å². The van der Waals surface area contributed by atoms with Gasteiger partial charge in [-0.05, 0) is 37.8 Å². The van der Waals surface area contributed by atoms with E-state index in [1.807, 2.05) is 6.07 Å². The van der Waals surface area contributed by atoms with Crippen molar-refractivity contribution >= 4 is 39.1 Å². The van der Waals surface area contributed by atoms with E-state index in [0.29, 0.717) is 23.7 Å². The van der Waals surface area contributed by atoms with Crippen LogP contribution in [0.1, 0.15) is 35.1 Å². The molecular weight excluding hydrogens is 374 g/mol. The minimum Gasteiger partial charge on any atom is -0.381 e. The van der Waals surface area contributed by atoms with Crippen molar-refractivity contribution in [2.45, 2.75) is 38.3 Å². The first kappa shape index (κ1) is 17.5. The molecular formula is C20H21N5O2S. The molecule has 1 fully saturated rings. The predicted octanol–water partition coefficient (Wildman–Crippen LogP) is 3.08. The number of rotatable bonds is 3. The van der Waals surface area contributed by atoms with E-state index in [-0.39, 0.29) is 18.0 Å². The van der Waals surface area contributed by atoms with E-state index in [2.05, 4.69) is 50.3 Å². The summed E-state index contributed by atoms with van der Waals surface area (Å²) in [5.41, 5.74) is 3.14. The molecule has 1 atom stereocenters. The number of aromatic nitrogens is 3.